The quantitative estimate of drug-likeness (QED) is 0.464. The molecule has 1 saturated heterocycles. The summed E-state index contributed by atoms with van der Waals surface area (Å²) in [5, 5.41) is 3.49. The van der Waals surface area contributed by atoms with Gasteiger partial charge in [0.05, 0.1) is 0 Å². The fourth-order valence-electron chi connectivity index (χ4n) is 2.26. The van der Waals surface area contributed by atoms with E-state index in [-0.39, 0.29) is 0 Å². The zero-order chi connectivity index (χ0) is 12.7. The van der Waals surface area contributed by atoms with Crippen molar-refractivity contribution in [2.45, 2.75) is 46.5 Å². The number of guanidine groups is 1. The van der Waals surface area contributed by atoms with Crippen LogP contribution in [0.5, 0.6) is 0 Å². The maximum atomic E-state index is 4.38. The van der Waals surface area contributed by atoms with Gasteiger partial charge < -0.3 is 10.2 Å². The number of likely N-dealkylation sites (tertiary alicyclic amines) is 1. The number of nitrogens with zero attached hydrogens (tertiary/aromatic N) is 2. The summed E-state index contributed by atoms with van der Waals surface area (Å²) in [7, 11) is 1.89. The Morgan fingerprint density at radius 2 is 2.00 bits per heavy atom. The molecule has 0 aromatic rings. The summed E-state index contributed by atoms with van der Waals surface area (Å²) in [6.45, 7) is 10.3. The third-order valence-corrected chi connectivity index (χ3v) is 3.54. The normalized spacial score (nSPS) is 18.9. The molecule has 100 valence electrons. The number of hydrogen-bond donors (Lipinski definition) is 1. The molecule has 1 heterocycles. The van der Waals surface area contributed by atoms with Crippen LogP contribution < -0.4 is 5.32 Å². The summed E-state index contributed by atoms with van der Waals surface area (Å²) in [4.78, 5) is 6.78. The Hall–Kier alpha value is -0.730. The van der Waals surface area contributed by atoms with Gasteiger partial charge in [0.15, 0.2) is 5.96 Å². The van der Waals surface area contributed by atoms with E-state index in [0.29, 0.717) is 0 Å². The summed E-state index contributed by atoms with van der Waals surface area (Å²) in [6, 6.07) is 0. The minimum absolute atomic E-state index is 0.801. The van der Waals surface area contributed by atoms with Gasteiger partial charge in [0.2, 0.25) is 0 Å². The summed E-state index contributed by atoms with van der Waals surface area (Å²) >= 11 is 0. The smallest absolute Gasteiger partial charge is 0.193 e. The van der Waals surface area contributed by atoms with Crippen LogP contribution in [0.25, 0.3) is 0 Å². The molecule has 1 fully saturated rings. The first-order valence-electron chi connectivity index (χ1n) is 7.09. The maximum absolute atomic E-state index is 4.38. The molecule has 0 bridgehead atoms. The predicted molar refractivity (Wildman–Crippen MR) is 75.4 cm³/mol. The second-order valence-electron chi connectivity index (χ2n) is 5.68. The molecule has 3 nitrogen and oxygen atoms in total. The number of rotatable bonds is 4. The number of nitrogens with one attached hydrogen (secondary N) is 1. The largest absolute Gasteiger partial charge is 0.356 e. The van der Waals surface area contributed by atoms with Crippen LogP contribution in [0.3, 0.4) is 0 Å². The van der Waals surface area contributed by atoms with Gasteiger partial charge in [-0.25, -0.2) is 0 Å². The van der Waals surface area contributed by atoms with E-state index in [1.807, 2.05) is 7.05 Å². The molecule has 0 atom stereocenters. The van der Waals surface area contributed by atoms with E-state index in [1.54, 1.807) is 0 Å². The molecule has 0 aromatic carbocycles. The van der Waals surface area contributed by atoms with Crippen LogP contribution in [0.2, 0.25) is 0 Å². The van der Waals surface area contributed by atoms with Gasteiger partial charge in [-0.2, -0.15) is 0 Å². The second-order valence-corrected chi connectivity index (χ2v) is 5.68. The molecule has 1 rings (SSSR count). The third-order valence-electron chi connectivity index (χ3n) is 3.54. The molecule has 1 N–H and O–H groups in total. The average molecular weight is 239 g/mol. The van der Waals surface area contributed by atoms with Crippen molar-refractivity contribution in [1.82, 2.24) is 10.2 Å². The fourth-order valence-corrected chi connectivity index (χ4v) is 2.26. The summed E-state index contributed by atoms with van der Waals surface area (Å²) < 4.78 is 0. The minimum Gasteiger partial charge on any atom is -0.356 e. The van der Waals surface area contributed by atoms with Gasteiger partial charge in [-0.3, -0.25) is 4.99 Å². The molecule has 0 radical (unpaired) electrons. The van der Waals surface area contributed by atoms with E-state index < -0.39 is 0 Å². The van der Waals surface area contributed by atoms with Crippen LogP contribution in [0.15, 0.2) is 4.99 Å². The molecule has 17 heavy (non-hydrogen) atoms. The van der Waals surface area contributed by atoms with E-state index in [9.17, 15) is 0 Å². The van der Waals surface area contributed by atoms with Gasteiger partial charge in [-0.1, -0.05) is 20.8 Å². The van der Waals surface area contributed by atoms with Gasteiger partial charge in [-0.15, -0.1) is 0 Å². The first-order valence-corrected chi connectivity index (χ1v) is 7.09. The molecule has 0 aromatic heterocycles. The van der Waals surface area contributed by atoms with Gasteiger partial charge in [0.1, 0.15) is 0 Å². The Morgan fingerprint density at radius 3 is 2.53 bits per heavy atom. The first-order chi connectivity index (χ1) is 8.13. The van der Waals surface area contributed by atoms with Crippen LogP contribution in [-0.2, 0) is 0 Å². The Morgan fingerprint density at radius 1 is 1.35 bits per heavy atom. The molecule has 1 aliphatic heterocycles. The number of piperidine rings is 1. The fraction of sp³-hybridized carbons (Fsp3) is 0.929. The summed E-state index contributed by atoms with van der Waals surface area (Å²) in [5.41, 5.74) is 0. The Labute approximate surface area is 107 Å². The highest BCUT2D eigenvalue weighted by atomic mass is 15.3. The topological polar surface area (TPSA) is 27.6 Å². The van der Waals surface area contributed by atoms with Crippen LogP contribution in [0.4, 0.5) is 0 Å². The van der Waals surface area contributed by atoms with E-state index >= 15 is 0 Å². The van der Waals surface area contributed by atoms with Crippen molar-refractivity contribution in [2.75, 3.05) is 26.7 Å². The van der Waals surface area contributed by atoms with Crippen molar-refractivity contribution in [1.29, 1.82) is 0 Å². The highest BCUT2D eigenvalue weighted by Gasteiger charge is 2.17. The van der Waals surface area contributed by atoms with Crippen LogP contribution in [-0.4, -0.2) is 37.5 Å². The van der Waals surface area contributed by atoms with Crippen LogP contribution in [0, 0.1) is 11.8 Å². The Bertz CT molecular complexity index is 228. The lowest BCUT2D eigenvalue weighted by Crippen LogP contribution is -2.45. The first kappa shape index (κ1) is 14.3. The van der Waals surface area contributed by atoms with Crippen molar-refractivity contribution in [3.05, 3.63) is 0 Å². The molecule has 1 aliphatic rings. The summed E-state index contributed by atoms with van der Waals surface area (Å²) in [5.74, 6) is 2.78. The maximum Gasteiger partial charge on any atom is 0.193 e. The van der Waals surface area contributed by atoms with Gasteiger partial charge >= 0.3 is 0 Å². The van der Waals surface area contributed by atoms with E-state index in [2.05, 4.69) is 36.0 Å². The predicted octanol–water partition coefficient (Wildman–Crippen LogP) is 2.73. The molecule has 0 saturated carbocycles. The summed E-state index contributed by atoms with van der Waals surface area (Å²) in [6.07, 6.45) is 5.13. The molecule has 0 unspecified atom stereocenters. The van der Waals surface area contributed by atoms with Gasteiger partial charge in [0, 0.05) is 26.7 Å². The molecule has 3 heteroatoms. The highest BCUT2D eigenvalue weighted by molar-refractivity contribution is 5.79. The lowest BCUT2D eigenvalue weighted by molar-refractivity contribution is 0.273. The molecular weight excluding hydrogens is 210 g/mol. The molecule has 0 spiro atoms. The third kappa shape index (κ3) is 5.42. The molecule has 0 aliphatic carbocycles. The van der Waals surface area contributed by atoms with Crippen molar-refractivity contribution in [2.24, 2.45) is 16.8 Å². The monoisotopic (exact) mass is 239 g/mol. The lowest BCUT2D eigenvalue weighted by Gasteiger charge is -2.33. The minimum atomic E-state index is 0.801. The second kappa shape index (κ2) is 7.57. The molecular formula is C14H29N3. The number of aliphatic imine (C=N–C) groups is 1. The van der Waals surface area contributed by atoms with Crippen molar-refractivity contribution in [3.8, 4) is 0 Å². The standard InChI is InChI=1S/C14H29N3/c1-12(2)6-5-9-16-14(15-4)17-10-7-13(3)8-11-17/h12-13H,5-11H2,1-4H3,(H,15,16). The average Bonchev–Trinajstić information content (AvgIpc) is 2.30. The van der Waals surface area contributed by atoms with E-state index in [1.165, 1.54) is 25.7 Å². The zero-order valence-corrected chi connectivity index (χ0v) is 12.0. The van der Waals surface area contributed by atoms with E-state index in [0.717, 1.165) is 37.4 Å². The van der Waals surface area contributed by atoms with Crippen molar-refractivity contribution in [3.63, 3.8) is 0 Å². The molecule has 0 amide bonds. The Balaban J connectivity index is 2.24. The SMILES string of the molecule is CN=C(NCCCC(C)C)N1CCC(C)CC1. The van der Waals surface area contributed by atoms with Crippen molar-refractivity contribution >= 4 is 5.96 Å². The van der Waals surface area contributed by atoms with E-state index in [4.69, 9.17) is 0 Å². The zero-order valence-electron chi connectivity index (χ0n) is 12.0. The van der Waals surface area contributed by atoms with Crippen LogP contribution >= 0.6 is 0 Å². The lowest BCUT2D eigenvalue weighted by atomic mass is 9.99. The highest BCUT2D eigenvalue weighted by Crippen LogP contribution is 2.15. The van der Waals surface area contributed by atoms with Gasteiger partial charge in [-0.05, 0) is 37.5 Å². The van der Waals surface area contributed by atoms with Crippen LogP contribution in [0.1, 0.15) is 46.5 Å². The number of hydrogen-bond acceptors (Lipinski definition) is 1. The van der Waals surface area contributed by atoms with Crippen molar-refractivity contribution < 1.29 is 0 Å². The van der Waals surface area contributed by atoms with Gasteiger partial charge in [0.25, 0.3) is 0 Å². The Kier molecular flexibility index (Phi) is 6.38.